The van der Waals surface area contributed by atoms with Crippen LogP contribution in [0.15, 0.2) is 29.2 Å². The third-order valence-corrected chi connectivity index (χ3v) is 5.40. The Bertz CT molecular complexity index is 470. The molecule has 1 fully saturated rings. The highest BCUT2D eigenvalue weighted by atomic mass is 32.2. The zero-order chi connectivity index (χ0) is 15.9. The Labute approximate surface area is 139 Å². The van der Waals surface area contributed by atoms with Crippen LogP contribution in [-0.4, -0.2) is 43.2 Å². The van der Waals surface area contributed by atoms with Crippen LogP contribution >= 0.6 is 11.8 Å². The Kier molecular flexibility index (Phi) is 6.77. The summed E-state index contributed by atoms with van der Waals surface area (Å²) in [6.45, 7) is 9.02. The highest BCUT2D eigenvalue weighted by Gasteiger charge is 2.30. The molecule has 1 aliphatic heterocycles. The van der Waals surface area contributed by atoms with Gasteiger partial charge in [-0.15, -0.1) is 11.8 Å². The van der Waals surface area contributed by atoms with Crippen LogP contribution in [0.4, 0.5) is 0 Å². The molecule has 1 unspecified atom stereocenters. The first kappa shape index (κ1) is 17.4. The van der Waals surface area contributed by atoms with Crippen LogP contribution in [-0.2, 0) is 11.3 Å². The van der Waals surface area contributed by atoms with Gasteiger partial charge in [0.2, 0.25) is 5.91 Å². The van der Waals surface area contributed by atoms with Gasteiger partial charge in [-0.05, 0) is 45.1 Å². The number of amides is 1. The monoisotopic (exact) mass is 321 g/mol. The van der Waals surface area contributed by atoms with Crippen molar-refractivity contribution in [2.75, 3.05) is 32.4 Å². The van der Waals surface area contributed by atoms with Crippen molar-refractivity contribution in [2.45, 2.75) is 38.1 Å². The molecule has 1 aromatic rings. The molecule has 1 saturated heterocycles. The summed E-state index contributed by atoms with van der Waals surface area (Å²) in [6.07, 6.45) is 4.33. The van der Waals surface area contributed by atoms with E-state index in [1.807, 2.05) is 4.90 Å². The van der Waals surface area contributed by atoms with E-state index in [9.17, 15) is 4.79 Å². The van der Waals surface area contributed by atoms with E-state index < -0.39 is 0 Å². The normalized spacial score (nSPS) is 21.6. The summed E-state index contributed by atoms with van der Waals surface area (Å²) in [5.41, 5.74) is 1.38. The Morgan fingerprint density at radius 3 is 2.55 bits per heavy atom. The molecule has 2 atom stereocenters. The molecule has 0 bridgehead atoms. The van der Waals surface area contributed by atoms with Crippen molar-refractivity contribution in [3.05, 3.63) is 29.8 Å². The zero-order valence-electron chi connectivity index (χ0n) is 14.1. The Morgan fingerprint density at radius 1 is 1.27 bits per heavy atom. The SMILES string of the molecule is CCN(CC)C(=O)[C@@H]1CCC[NH+](Cc2ccc(SC)cc2)C1. The molecular weight excluding hydrogens is 292 g/mol. The standard InChI is InChI=1S/C18H28N2OS/c1-4-20(5-2)18(21)16-7-6-12-19(14-16)13-15-8-10-17(22-3)11-9-15/h8-11,16H,4-7,12-14H2,1-3H3/p+1/t16-/m1/s1. The van der Waals surface area contributed by atoms with Crippen LogP contribution in [0.5, 0.6) is 0 Å². The fraction of sp³-hybridized carbons (Fsp3) is 0.611. The van der Waals surface area contributed by atoms with Crippen LogP contribution in [0, 0.1) is 5.92 Å². The van der Waals surface area contributed by atoms with Gasteiger partial charge in [-0.2, -0.15) is 0 Å². The summed E-state index contributed by atoms with van der Waals surface area (Å²) in [4.78, 5) is 17.4. The van der Waals surface area contributed by atoms with Crippen LogP contribution < -0.4 is 4.90 Å². The summed E-state index contributed by atoms with van der Waals surface area (Å²) >= 11 is 1.78. The molecule has 0 spiro atoms. The van der Waals surface area contributed by atoms with Crippen molar-refractivity contribution in [1.29, 1.82) is 0 Å². The van der Waals surface area contributed by atoms with Crippen molar-refractivity contribution >= 4 is 17.7 Å². The fourth-order valence-electron chi connectivity index (χ4n) is 3.35. The molecule has 22 heavy (non-hydrogen) atoms. The predicted molar refractivity (Wildman–Crippen MR) is 93.3 cm³/mol. The van der Waals surface area contributed by atoms with Crippen LogP contribution in [0.3, 0.4) is 0 Å². The Hall–Kier alpha value is -1.00. The number of benzene rings is 1. The van der Waals surface area contributed by atoms with Crippen LogP contribution in [0.1, 0.15) is 32.3 Å². The number of thioether (sulfide) groups is 1. The lowest BCUT2D eigenvalue weighted by molar-refractivity contribution is -0.921. The lowest BCUT2D eigenvalue weighted by Crippen LogP contribution is -3.12. The number of nitrogens with one attached hydrogen (secondary N) is 1. The van der Waals surface area contributed by atoms with Crippen molar-refractivity contribution < 1.29 is 9.69 Å². The van der Waals surface area contributed by atoms with Gasteiger partial charge in [0, 0.05) is 23.5 Å². The van der Waals surface area contributed by atoms with Gasteiger partial charge in [0.1, 0.15) is 6.54 Å². The topological polar surface area (TPSA) is 24.8 Å². The number of rotatable bonds is 6. The molecule has 0 saturated carbocycles. The number of carbonyl (C=O) groups excluding carboxylic acids is 1. The third kappa shape index (κ3) is 4.50. The number of hydrogen-bond donors (Lipinski definition) is 1. The van der Waals surface area contributed by atoms with Crippen molar-refractivity contribution in [2.24, 2.45) is 5.92 Å². The maximum Gasteiger partial charge on any atom is 0.231 e. The Morgan fingerprint density at radius 2 is 1.95 bits per heavy atom. The van der Waals surface area contributed by atoms with Gasteiger partial charge in [0.05, 0.1) is 19.0 Å². The Balaban J connectivity index is 1.93. The van der Waals surface area contributed by atoms with Crippen molar-refractivity contribution in [3.8, 4) is 0 Å². The molecule has 0 radical (unpaired) electrons. The van der Waals surface area contributed by atoms with Gasteiger partial charge in [-0.1, -0.05) is 12.1 Å². The van der Waals surface area contributed by atoms with E-state index in [-0.39, 0.29) is 5.92 Å². The smallest absolute Gasteiger partial charge is 0.231 e. The third-order valence-electron chi connectivity index (χ3n) is 4.66. The molecule has 1 amide bonds. The highest BCUT2D eigenvalue weighted by molar-refractivity contribution is 7.98. The molecule has 122 valence electrons. The molecule has 4 heteroatoms. The van der Waals surface area contributed by atoms with E-state index >= 15 is 0 Å². The molecule has 0 aromatic heterocycles. The van der Waals surface area contributed by atoms with Gasteiger partial charge >= 0.3 is 0 Å². The minimum atomic E-state index is 0.217. The van der Waals surface area contributed by atoms with Crippen LogP contribution in [0.25, 0.3) is 0 Å². The first-order chi connectivity index (χ1) is 10.7. The fourth-order valence-corrected chi connectivity index (χ4v) is 3.76. The molecule has 0 aliphatic carbocycles. The average molecular weight is 322 g/mol. The summed E-state index contributed by atoms with van der Waals surface area (Å²) in [5, 5.41) is 0. The van der Waals surface area contributed by atoms with E-state index in [1.165, 1.54) is 17.0 Å². The number of carbonyl (C=O) groups is 1. The minimum Gasteiger partial charge on any atom is -0.343 e. The number of nitrogens with zero attached hydrogens (tertiary/aromatic N) is 1. The lowest BCUT2D eigenvalue weighted by Gasteiger charge is -2.32. The first-order valence-corrected chi connectivity index (χ1v) is 9.65. The molecule has 2 rings (SSSR count). The van der Waals surface area contributed by atoms with E-state index in [2.05, 4.69) is 44.4 Å². The van der Waals surface area contributed by atoms with E-state index in [0.717, 1.165) is 39.0 Å². The summed E-state index contributed by atoms with van der Waals surface area (Å²) in [7, 11) is 0. The quantitative estimate of drug-likeness (QED) is 0.812. The van der Waals surface area contributed by atoms with Gasteiger partial charge in [0.25, 0.3) is 0 Å². The molecule has 1 aliphatic rings. The molecule has 3 nitrogen and oxygen atoms in total. The lowest BCUT2D eigenvalue weighted by atomic mass is 9.96. The second-order valence-corrected chi connectivity index (χ2v) is 6.96. The number of quaternary nitrogens is 1. The predicted octanol–water partition coefficient (Wildman–Crippen LogP) is 2.07. The molecular formula is C18H29N2OS+. The number of piperidine rings is 1. The average Bonchev–Trinajstić information content (AvgIpc) is 2.57. The highest BCUT2D eigenvalue weighted by Crippen LogP contribution is 2.15. The summed E-state index contributed by atoms with van der Waals surface area (Å²) in [5.74, 6) is 0.578. The number of likely N-dealkylation sites (tertiary alicyclic amines) is 1. The summed E-state index contributed by atoms with van der Waals surface area (Å²) in [6, 6.07) is 8.85. The maximum absolute atomic E-state index is 12.6. The molecule has 1 heterocycles. The van der Waals surface area contributed by atoms with Gasteiger partial charge in [-0.25, -0.2) is 0 Å². The van der Waals surface area contributed by atoms with E-state index in [4.69, 9.17) is 0 Å². The second kappa shape index (κ2) is 8.59. The largest absolute Gasteiger partial charge is 0.343 e. The van der Waals surface area contributed by atoms with Gasteiger partial charge in [0.15, 0.2) is 0 Å². The van der Waals surface area contributed by atoms with Gasteiger partial charge < -0.3 is 9.80 Å². The summed E-state index contributed by atoms with van der Waals surface area (Å²) < 4.78 is 0. The van der Waals surface area contributed by atoms with Crippen molar-refractivity contribution in [3.63, 3.8) is 0 Å². The van der Waals surface area contributed by atoms with E-state index in [1.54, 1.807) is 16.7 Å². The molecule has 1 aromatic carbocycles. The van der Waals surface area contributed by atoms with Crippen LogP contribution in [0.2, 0.25) is 0 Å². The van der Waals surface area contributed by atoms with Crippen molar-refractivity contribution in [1.82, 2.24) is 4.90 Å². The van der Waals surface area contributed by atoms with E-state index in [0.29, 0.717) is 5.91 Å². The second-order valence-electron chi connectivity index (χ2n) is 6.08. The maximum atomic E-state index is 12.6. The van der Waals surface area contributed by atoms with Gasteiger partial charge in [-0.3, -0.25) is 4.79 Å². The zero-order valence-corrected chi connectivity index (χ0v) is 14.9. The first-order valence-electron chi connectivity index (χ1n) is 8.43. The molecule has 1 N–H and O–H groups in total. The number of hydrogen-bond acceptors (Lipinski definition) is 2. The minimum absolute atomic E-state index is 0.217.